The first kappa shape index (κ1) is 22.5. The van der Waals surface area contributed by atoms with E-state index in [2.05, 4.69) is 4.99 Å². The molecule has 0 unspecified atom stereocenters. The van der Waals surface area contributed by atoms with Gasteiger partial charge in [-0.05, 0) is 25.0 Å². The molecule has 142 valence electrons. The SMILES string of the molecule is CCCCN(CCCC)S(=O)(=O)c1cc(Cl)c(N=C(N)CCl)cc1Cl. The Hall–Kier alpha value is -0.530. The molecular weight excluding hydrogens is 405 g/mol. The first-order valence-electron chi connectivity index (χ1n) is 8.16. The molecule has 0 aliphatic carbocycles. The molecule has 0 aliphatic heterocycles. The lowest BCUT2D eigenvalue weighted by Gasteiger charge is -2.22. The van der Waals surface area contributed by atoms with Crippen molar-refractivity contribution in [2.45, 2.75) is 44.4 Å². The Bertz CT molecular complexity index is 701. The Morgan fingerprint density at radius 1 is 1.12 bits per heavy atom. The van der Waals surface area contributed by atoms with Gasteiger partial charge in [0.1, 0.15) is 10.7 Å². The third-order valence-corrected chi connectivity index (χ3v) is 6.48. The zero-order chi connectivity index (χ0) is 19.0. The van der Waals surface area contributed by atoms with Crippen molar-refractivity contribution >= 4 is 56.3 Å². The van der Waals surface area contributed by atoms with Gasteiger partial charge in [0.25, 0.3) is 0 Å². The predicted molar refractivity (Wildman–Crippen MR) is 107 cm³/mol. The third kappa shape index (κ3) is 6.29. The highest BCUT2D eigenvalue weighted by Crippen LogP contribution is 2.35. The molecule has 0 amide bonds. The summed E-state index contributed by atoms with van der Waals surface area (Å²) in [6, 6.07) is 2.72. The average molecular weight is 429 g/mol. The van der Waals surface area contributed by atoms with Crippen LogP contribution in [0.5, 0.6) is 0 Å². The van der Waals surface area contributed by atoms with Gasteiger partial charge < -0.3 is 5.73 Å². The zero-order valence-electron chi connectivity index (χ0n) is 14.4. The molecule has 1 aromatic carbocycles. The van der Waals surface area contributed by atoms with E-state index in [0.29, 0.717) is 13.1 Å². The van der Waals surface area contributed by atoms with Crippen LogP contribution in [-0.4, -0.2) is 37.5 Å². The van der Waals surface area contributed by atoms with Crippen molar-refractivity contribution in [2.24, 2.45) is 10.7 Å². The van der Waals surface area contributed by atoms with Gasteiger partial charge in [-0.25, -0.2) is 13.4 Å². The molecule has 0 heterocycles. The van der Waals surface area contributed by atoms with E-state index in [4.69, 9.17) is 40.5 Å². The highest BCUT2D eigenvalue weighted by Gasteiger charge is 2.27. The number of hydrogen-bond donors (Lipinski definition) is 1. The molecule has 0 fully saturated rings. The van der Waals surface area contributed by atoms with E-state index < -0.39 is 10.0 Å². The molecule has 2 N–H and O–H groups in total. The van der Waals surface area contributed by atoms with E-state index in [9.17, 15) is 8.42 Å². The number of aliphatic imine (C=N–C) groups is 1. The number of halogens is 3. The molecule has 5 nitrogen and oxygen atoms in total. The maximum atomic E-state index is 13.0. The van der Waals surface area contributed by atoms with E-state index >= 15 is 0 Å². The first-order valence-corrected chi connectivity index (χ1v) is 10.9. The minimum Gasteiger partial charge on any atom is -0.386 e. The van der Waals surface area contributed by atoms with E-state index in [1.807, 2.05) is 13.8 Å². The summed E-state index contributed by atoms with van der Waals surface area (Å²) in [5.74, 6) is 0.207. The van der Waals surface area contributed by atoms with Gasteiger partial charge in [-0.2, -0.15) is 4.31 Å². The summed E-state index contributed by atoms with van der Waals surface area (Å²) >= 11 is 18.0. The van der Waals surface area contributed by atoms with Gasteiger partial charge in [0.05, 0.1) is 21.6 Å². The number of amidine groups is 1. The Morgan fingerprint density at radius 2 is 1.68 bits per heavy atom. The second kappa shape index (κ2) is 10.6. The fourth-order valence-corrected chi connectivity index (χ4v) is 4.52. The van der Waals surface area contributed by atoms with E-state index in [0.717, 1.165) is 25.7 Å². The van der Waals surface area contributed by atoms with E-state index in [1.54, 1.807) is 0 Å². The molecule has 9 heteroatoms. The number of nitrogens with two attached hydrogens (primary N) is 1. The van der Waals surface area contributed by atoms with Crippen LogP contribution >= 0.6 is 34.8 Å². The maximum Gasteiger partial charge on any atom is 0.244 e. The number of hydrogen-bond acceptors (Lipinski definition) is 3. The minimum atomic E-state index is -3.74. The third-order valence-electron chi connectivity index (χ3n) is 3.54. The lowest BCUT2D eigenvalue weighted by atomic mass is 10.3. The molecule has 0 spiro atoms. The van der Waals surface area contributed by atoms with Crippen LogP contribution in [0.15, 0.2) is 22.0 Å². The highest BCUT2D eigenvalue weighted by molar-refractivity contribution is 7.89. The average Bonchev–Trinajstić information content (AvgIpc) is 2.57. The normalized spacial score (nSPS) is 12.8. The van der Waals surface area contributed by atoms with Gasteiger partial charge in [-0.3, -0.25) is 0 Å². The maximum absolute atomic E-state index is 13.0. The molecule has 25 heavy (non-hydrogen) atoms. The molecule has 0 radical (unpaired) electrons. The van der Waals surface area contributed by atoms with Gasteiger partial charge in [0.2, 0.25) is 10.0 Å². The summed E-state index contributed by atoms with van der Waals surface area (Å²) in [5, 5.41) is 0.213. The molecule has 0 saturated carbocycles. The van der Waals surface area contributed by atoms with Crippen LogP contribution in [0, 0.1) is 0 Å². The monoisotopic (exact) mass is 427 g/mol. The fourth-order valence-electron chi connectivity index (χ4n) is 2.15. The number of nitrogens with zero attached hydrogens (tertiary/aromatic N) is 2. The standard InChI is InChI=1S/C16H24Cl3N3O2S/c1-3-5-7-22(8-6-4-2)25(23,24)15-10-12(18)14(9-13(15)19)21-16(20)11-17/h9-10H,3-8,11H2,1-2H3,(H2,20,21). The summed E-state index contributed by atoms with van der Waals surface area (Å²) < 4.78 is 27.5. The molecule has 1 rings (SSSR count). The van der Waals surface area contributed by atoms with Crippen LogP contribution in [0.2, 0.25) is 10.0 Å². The van der Waals surface area contributed by atoms with Gasteiger partial charge in [-0.15, -0.1) is 11.6 Å². The largest absolute Gasteiger partial charge is 0.386 e. The Labute approximate surface area is 165 Å². The van der Waals surface area contributed by atoms with E-state index in [-0.39, 0.29) is 32.3 Å². The number of benzene rings is 1. The van der Waals surface area contributed by atoms with E-state index in [1.165, 1.54) is 16.4 Å². The molecular formula is C16H24Cl3N3O2S. The summed E-state index contributed by atoms with van der Waals surface area (Å²) in [5.41, 5.74) is 5.88. The summed E-state index contributed by atoms with van der Waals surface area (Å²) in [6.45, 7) is 4.93. The summed E-state index contributed by atoms with van der Waals surface area (Å²) in [6.07, 6.45) is 3.36. The van der Waals surface area contributed by atoms with Crippen LogP contribution in [0.1, 0.15) is 39.5 Å². The Balaban J connectivity index is 3.28. The van der Waals surface area contributed by atoms with Crippen LogP contribution in [0.25, 0.3) is 0 Å². The topological polar surface area (TPSA) is 75.8 Å². The molecule has 1 aromatic rings. The molecule has 0 saturated heterocycles. The Morgan fingerprint density at radius 3 is 2.16 bits per heavy atom. The van der Waals surface area contributed by atoms with Crippen LogP contribution in [0.4, 0.5) is 5.69 Å². The van der Waals surface area contributed by atoms with Crippen LogP contribution in [0.3, 0.4) is 0 Å². The molecule has 0 aliphatic rings. The quantitative estimate of drug-likeness (QED) is 0.330. The van der Waals surface area contributed by atoms with Crippen LogP contribution in [-0.2, 0) is 10.0 Å². The van der Waals surface area contributed by atoms with Crippen molar-refractivity contribution < 1.29 is 8.42 Å². The van der Waals surface area contributed by atoms with Crippen molar-refractivity contribution in [3.05, 3.63) is 22.2 Å². The van der Waals surface area contributed by atoms with Crippen molar-refractivity contribution in [3.8, 4) is 0 Å². The van der Waals surface area contributed by atoms with Crippen molar-refractivity contribution in [2.75, 3.05) is 19.0 Å². The van der Waals surface area contributed by atoms with Gasteiger partial charge in [0.15, 0.2) is 0 Å². The van der Waals surface area contributed by atoms with Gasteiger partial charge in [0, 0.05) is 13.1 Å². The van der Waals surface area contributed by atoms with Gasteiger partial charge >= 0.3 is 0 Å². The fraction of sp³-hybridized carbons (Fsp3) is 0.562. The smallest absolute Gasteiger partial charge is 0.244 e. The Kier molecular flexibility index (Phi) is 9.52. The number of alkyl halides is 1. The highest BCUT2D eigenvalue weighted by atomic mass is 35.5. The number of sulfonamides is 1. The number of rotatable bonds is 10. The summed E-state index contributed by atoms with van der Waals surface area (Å²) in [7, 11) is -3.74. The molecule has 0 aromatic heterocycles. The van der Waals surface area contributed by atoms with Crippen molar-refractivity contribution in [1.82, 2.24) is 4.31 Å². The molecule has 0 atom stereocenters. The zero-order valence-corrected chi connectivity index (χ0v) is 17.5. The second-order valence-electron chi connectivity index (χ2n) is 5.58. The van der Waals surface area contributed by atoms with Crippen molar-refractivity contribution in [3.63, 3.8) is 0 Å². The first-order chi connectivity index (χ1) is 11.8. The summed E-state index contributed by atoms with van der Waals surface area (Å²) in [4.78, 5) is 4.02. The van der Waals surface area contributed by atoms with Crippen LogP contribution < -0.4 is 5.73 Å². The molecule has 0 bridgehead atoms. The van der Waals surface area contributed by atoms with Gasteiger partial charge in [-0.1, -0.05) is 49.9 Å². The lowest BCUT2D eigenvalue weighted by Crippen LogP contribution is -2.33. The number of unbranched alkanes of at least 4 members (excludes halogenated alkanes) is 2. The predicted octanol–water partition coefficient (Wildman–Crippen LogP) is 4.81. The van der Waals surface area contributed by atoms with Crippen molar-refractivity contribution in [1.29, 1.82) is 0 Å². The minimum absolute atomic E-state index is 0.0187. The lowest BCUT2D eigenvalue weighted by molar-refractivity contribution is 0.395. The second-order valence-corrected chi connectivity index (χ2v) is 8.57.